The van der Waals surface area contributed by atoms with E-state index in [2.05, 4.69) is 16.4 Å². The molecule has 1 aliphatic rings. The van der Waals surface area contributed by atoms with Crippen LogP contribution in [0, 0.1) is 0 Å². The molecular weight excluding hydrogens is 310 g/mol. The molecule has 3 heterocycles. The first-order valence-corrected chi connectivity index (χ1v) is 8.76. The third-order valence-corrected chi connectivity index (χ3v) is 4.67. The second-order valence-electron chi connectivity index (χ2n) is 5.57. The molecule has 0 aromatic carbocycles. The number of amides is 2. The fourth-order valence-corrected chi connectivity index (χ4v) is 3.34. The molecule has 0 unspecified atom stereocenters. The number of thiophene rings is 1. The van der Waals surface area contributed by atoms with E-state index >= 15 is 0 Å². The third kappa shape index (κ3) is 4.77. The number of urea groups is 1. The lowest BCUT2D eigenvalue weighted by molar-refractivity contribution is 0.0796. The summed E-state index contributed by atoms with van der Waals surface area (Å²) >= 11 is 1.67. The predicted molar refractivity (Wildman–Crippen MR) is 90.2 cm³/mol. The summed E-state index contributed by atoms with van der Waals surface area (Å²) in [6.07, 6.45) is 3.98. The molecule has 1 fully saturated rings. The average Bonchev–Trinajstić information content (AvgIpc) is 3.27. The van der Waals surface area contributed by atoms with Crippen LogP contribution in [0.1, 0.15) is 23.4 Å². The molecule has 1 N–H and O–H groups in total. The van der Waals surface area contributed by atoms with Crippen molar-refractivity contribution in [3.05, 3.63) is 52.5 Å². The van der Waals surface area contributed by atoms with Gasteiger partial charge in [0.2, 0.25) is 0 Å². The second kappa shape index (κ2) is 8.08. The number of pyridine rings is 1. The molecule has 0 saturated carbocycles. The van der Waals surface area contributed by atoms with E-state index in [1.165, 1.54) is 4.88 Å². The van der Waals surface area contributed by atoms with Gasteiger partial charge in [0.1, 0.15) is 0 Å². The Bertz CT molecular complexity index is 598. The topological polar surface area (TPSA) is 54.5 Å². The summed E-state index contributed by atoms with van der Waals surface area (Å²) in [5.74, 6) is 0. The summed E-state index contributed by atoms with van der Waals surface area (Å²) in [6, 6.07) is 9.69. The molecule has 2 amide bonds. The minimum absolute atomic E-state index is 0.0699. The van der Waals surface area contributed by atoms with Gasteiger partial charge in [0.25, 0.3) is 0 Å². The van der Waals surface area contributed by atoms with Gasteiger partial charge in [-0.1, -0.05) is 12.1 Å². The molecule has 122 valence electrons. The summed E-state index contributed by atoms with van der Waals surface area (Å²) in [4.78, 5) is 19.8. The lowest BCUT2D eigenvalue weighted by Crippen LogP contribution is -2.43. The SMILES string of the molecule is O=C(NCc1ccccn1)N(Cc1cccs1)C[C@H]1CCCO1. The monoisotopic (exact) mass is 331 g/mol. The first-order valence-electron chi connectivity index (χ1n) is 7.88. The van der Waals surface area contributed by atoms with Crippen molar-refractivity contribution in [1.82, 2.24) is 15.2 Å². The fourth-order valence-electron chi connectivity index (χ4n) is 2.62. The van der Waals surface area contributed by atoms with Gasteiger partial charge in [-0.2, -0.15) is 0 Å². The Morgan fingerprint density at radius 3 is 3.04 bits per heavy atom. The van der Waals surface area contributed by atoms with Gasteiger partial charge in [0.15, 0.2) is 0 Å². The molecule has 23 heavy (non-hydrogen) atoms. The highest BCUT2D eigenvalue weighted by Gasteiger charge is 2.23. The number of ether oxygens (including phenoxy) is 1. The van der Waals surface area contributed by atoms with Crippen LogP contribution in [-0.4, -0.2) is 35.2 Å². The molecule has 1 aliphatic heterocycles. The van der Waals surface area contributed by atoms with Crippen LogP contribution in [-0.2, 0) is 17.8 Å². The zero-order chi connectivity index (χ0) is 15.9. The Balaban J connectivity index is 1.59. The number of carbonyl (C=O) groups excluding carboxylic acids is 1. The van der Waals surface area contributed by atoms with Crippen LogP contribution >= 0.6 is 11.3 Å². The van der Waals surface area contributed by atoms with Crippen molar-refractivity contribution in [2.45, 2.75) is 32.0 Å². The molecule has 0 aliphatic carbocycles. The number of hydrogen-bond acceptors (Lipinski definition) is 4. The van der Waals surface area contributed by atoms with Crippen LogP contribution in [0.5, 0.6) is 0 Å². The van der Waals surface area contributed by atoms with Crippen LogP contribution in [0.15, 0.2) is 41.9 Å². The molecule has 1 atom stereocenters. The van der Waals surface area contributed by atoms with E-state index in [0.717, 1.165) is 25.1 Å². The van der Waals surface area contributed by atoms with Crippen LogP contribution < -0.4 is 5.32 Å². The van der Waals surface area contributed by atoms with Gasteiger partial charge < -0.3 is 15.0 Å². The molecular formula is C17H21N3O2S. The summed E-state index contributed by atoms with van der Waals surface area (Å²) in [6.45, 7) is 2.48. The molecule has 5 nitrogen and oxygen atoms in total. The van der Waals surface area contributed by atoms with Crippen molar-refractivity contribution in [3.8, 4) is 0 Å². The predicted octanol–water partition coefficient (Wildman–Crippen LogP) is 3.03. The van der Waals surface area contributed by atoms with Crippen LogP contribution in [0.4, 0.5) is 4.79 Å². The van der Waals surface area contributed by atoms with E-state index in [1.807, 2.05) is 34.5 Å². The minimum atomic E-state index is -0.0699. The highest BCUT2D eigenvalue weighted by Crippen LogP contribution is 2.17. The van der Waals surface area contributed by atoms with Gasteiger partial charge in [0.05, 0.1) is 24.9 Å². The number of hydrogen-bond donors (Lipinski definition) is 1. The first kappa shape index (κ1) is 16.0. The smallest absolute Gasteiger partial charge is 0.318 e. The van der Waals surface area contributed by atoms with E-state index in [4.69, 9.17) is 4.74 Å². The van der Waals surface area contributed by atoms with Crippen molar-refractivity contribution in [2.75, 3.05) is 13.2 Å². The van der Waals surface area contributed by atoms with E-state index in [0.29, 0.717) is 19.6 Å². The van der Waals surface area contributed by atoms with E-state index < -0.39 is 0 Å². The highest BCUT2D eigenvalue weighted by atomic mass is 32.1. The Morgan fingerprint density at radius 1 is 1.39 bits per heavy atom. The normalized spacial score (nSPS) is 17.1. The largest absolute Gasteiger partial charge is 0.376 e. The van der Waals surface area contributed by atoms with Gasteiger partial charge in [-0.25, -0.2) is 4.79 Å². The quantitative estimate of drug-likeness (QED) is 0.885. The lowest BCUT2D eigenvalue weighted by atomic mass is 10.2. The standard InChI is InChI=1S/C17H21N3O2S/c21-17(19-11-14-5-1-2-8-18-14)20(12-15-6-3-9-22-15)13-16-7-4-10-23-16/h1-2,4-5,7-8,10,15H,3,6,9,11-13H2,(H,19,21)/t15-/m1/s1. The van der Waals surface area contributed by atoms with Crippen LogP contribution in [0.25, 0.3) is 0 Å². The Kier molecular flexibility index (Phi) is 5.60. The highest BCUT2D eigenvalue weighted by molar-refractivity contribution is 7.09. The lowest BCUT2D eigenvalue weighted by Gasteiger charge is -2.25. The fraction of sp³-hybridized carbons (Fsp3) is 0.412. The van der Waals surface area contributed by atoms with Crippen molar-refractivity contribution in [3.63, 3.8) is 0 Å². The third-order valence-electron chi connectivity index (χ3n) is 3.81. The number of carbonyl (C=O) groups is 1. The van der Waals surface area contributed by atoms with Gasteiger partial charge in [0, 0.05) is 24.2 Å². The molecule has 2 aromatic heterocycles. The summed E-state index contributed by atoms with van der Waals surface area (Å²) in [7, 11) is 0. The summed E-state index contributed by atoms with van der Waals surface area (Å²) < 4.78 is 5.68. The van der Waals surface area contributed by atoms with Crippen molar-refractivity contribution >= 4 is 17.4 Å². The van der Waals surface area contributed by atoms with Crippen molar-refractivity contribution < 1.29 is 9.53 Å². The van der Waals surface area contributed by atoms with Gasteiger partial charge in [-0.05, 0) is 36.4 Å². The van der Waals surface area contributed by atoms with Gasteiger partial charge in [-0.15, -0.1) is 11.3 Å². The zero-order valence-electron chi connectivity index (χ0n) is 13.0. The average molecular weight is 331 g/mol. The molecule has 0 radical (unpaired) electrons. The summed E-state index contributed by atoms with van der Waals surface area (Å²) in [5.41, 5.74) is 0.856. The Labute approximate surface area is 140 Å². The van der Waals surface area contributed by atoms with Crippen molar-refractivity contribution in [2.24, 2.45) is 0 Å². The minimum Gasteiger partial charge on any atom is -0.376 e. The Morgan fingerprint density at radius 2 is 2.35 bits per heavy atom. The number of nitrogens with zero attached hydrogens (tertiary/aromatic N) is 2. The first-order chi connectivity index (χ1) is 11.3. The maximum Gasteiger partial charge on any atom is 0.318 e. The number of aromatic nitrogens is 1. The van der Waals surface area contributed by atoms with Crippen LogP contribution in [0.2, 0.25) is 0 Å². The second-order valence-corrected chi connectivity index (χ2v) is 6.61. The molecule has 3 rings (SSSR count). The number of nitrogens with one attached hydrogen (secondary N) is 1. The van der Waals surface area contributed by atoms with E-state index in [1.54, 1.807) is 17.5 Å². The van der Waals surface area contributed by atoms with E-state index in [-0.39, 0.29) is 12.1 Å². The molecule has 6 heteroatoms. The molecule has 0 spiro atoms. The van der Waals surface area contributed by atoms with Crippen molar-refractivity contribution in [1.29, 1.82) is 0 Å². The maximum atomic E-state index is 12.6. The zero-order valence-corrected chi connectivity index (χ0v) is 13.8. The summed E-state index contributed by atoms with van der Waals surface area (Å²) in [5, 5.41) is 4.99. The van der Waals surface area contributed by atoms with Gasteiger partial charge >= 0.3 is 6.03 Å². The van der Waals surface area contributed by atoms with Gasteiger partial charge in [-0.3, -0.25) is 4.98 Å². The molecule has 2 aromatic rings. The van der Waals surface area contributed by atoms with E-state index in [9.17, 15) is 4.79 Å². The maximum absolute atomic E-state index is 12.6. The van der Waals surface area contributed by atoms with Crippen LogP contribution in [0.3, 0.4) is 0 Å². The Hall–Kier alpha value is -1.92. The molecule has 0 bridgehead atoms. The number of rotatable bonds is 6. The molecule has 1 saturated heterocycles.